The highest BCUT2D eigenvalue weighted by atomic mass is 32.2. The fourth-order valence-corrected chi connectivity index (χ4v) is 2.20. The van der Waals surface area contributed by atoms with Crippen molar-refractivity contribution in [1.82, 2.24) is 4.90 Å². The second-order valence-corrected chi connectivity index (χ2v) is 5.41. The number of carbonyl (C=O) groups is 1. The molecule has 0 aliphatic heterocycles. The Hall–Kier alpha value is -1.88. The van der Waals surface area contributed by atoms with Crippen LogP contribution in [0, 0.1) is 18.3 Å². The lowest BCUT2D eigenvalue weighted by Gasteiger charge is -2.18. The Bertz CT molecular complexity index is 555. The van der Waals surface area contributed by atoms with Gasteiger partial charge in [0, 0.05) is 18.5 Å². The van der Waals surface area contributed by atoms with E-state index >= 15 is 0 Å². The Balaban J connectivity index is 2.88. The van der Waals surface area contributed by atoms with Crippen molar-refractivity contribution in [3.63, 3.8) is 0 Å². The van der Waals surface area contributed by atoms with Crippen LogP contribution in [0.5, 0.6) is 0 Å². The number of nitrogens with one attached hydrogen (secondary N) is 1. The van der Waals surface area contributed by atoms with Gasteiger partial charge in [0.1, 0.15) is 0 Å². The van der Waals surface area contributed by atoms with E-state index < -0.39 is 11.5 Å². The largest absolute Gasteiger partial charge is 0.446 e. The molecule has 4 nitrogen and oxygen atoms in total. The fourth-order valence-electron chi connectivity index (χ4n) is 1.47. The van der Waals surface area contributed by atoms with E-state index in [2.05, 4.69) is 5.32 Å². The van der Waals surface area contributed by atoms with Crippen molar-refractivity contribution < 1.29 is 18.0 Å². The number of aryl methyl sites for hydroxylation is 1. The molecule has 0 saturated heterocycles. The monoisotopic (exact) mass is 317 g/mol. The molecule has 0 aromatic heterocycles. The molecule has 8 heteroatoms. The summed E-state index contributed by atoms with van der Waals surface area (Å²) in [5.74, 6) is 0. The van der Waals surface area contributed by atoms with E-state index in [1.807, 2.05) is 6.07 Å². The first kappa shape index (κ1) is 17.2. The van der Waals surface area contributed by atoms with Gasteiger partial charge in [-0.3, -0.25) is 0 Å². The van der Waals surface area contributed by atoms with Gasteiger partial charge in [-0.15, -0.1) is 0 Å². The Morgan fingerprint density at radius 1 is 1.48 bits per heavy atom. The molecule has 0 radical (unpaired) electrons. The van der Waals surface area contributed by atoms with E-state index in [1.54, 1.807) is 13.0 Å². The molecule has 0 unspecified atom stereocenters. The van der Waals surface area contributed by atoms with Gasteiger partial charge < -0.3 is 10.2 Å². The zero-order valence-corrected chi connectivity index (χ0v) is 12.3. The standard InChI is InChI=1S/C13H14F3N3OS/c1-9-4-5-10(11(8-9)21-13(14,15)16)18-12(20)19(2)7-3-6-17/h4-5,8H,3,7H2,1-2H3,(H,18,20). The van der Waals surface area contributed by atoms with E-state index in [1.165, 1.54) is 24.1 Å². The summed E-state index contributed by atoms with van der Waals surface area (Å²) in [6, 6.07) is 5.75. The minimum absolute atomic E-state index is 0.0652. The van der Waals surface area contributed by atoms with Crippen molar-refractivity contribution in [3.8, 4) is 6.07 Å². The van der Waals surface area contributed by atoms with Crippen molar-refractivity contribution in [2.24, 2.45) is 0 Å². The van der Waals surface area contributed by atoms with E-state index in [-0.39, 0.29) is 35.3 Å². The number of halogens is 3. The molecular weight excluding hydrogens is 303 g/mol. The van der Waals surface area contributed by atoms with Crippen LogP contribution in [-0.4, -0.2) is 30.0 Å². The number of urea groups is 1. The van der Waals surface area contributed by atoms with Gasteiger partial charge in [0.25, 0.3) is 0 Å². The SMILES string of the molecule is Cc1ccc(NC(=O)N(C)CCC#N)c(SC(F)(F)F)c1. The molecule has 2 amide bonds. The van der Waals surface area contributed by atoms with Gasteiger partial charge in [-0.2, -0.15) is 18.4 Å². The summed E-state index contributed by atoms with van der Waals surface area (Å²) >= 11 is -0.272. The summed E-state index contributed by atoms with van der Waals surface area (Å²) in [6.07, 6.45) is 0.155. The molecule has 0 spiro atoms. The van der Waals surface area contributed by atoms with Crippen molar-refractivity contribution in [3.05, 3.63) is 23.8 Å². The van der Waals surface area contributed by atoms with Crippen LogP contribution in [0.3, 0.4) is 0 Å². The van der Waals surface area contributed by atoms with Gasteiger partial charge in [0.2, 0.25) is 0 Å². The fraction of sp³-hybridized carbons (Fsp3) is 0.385. The van der Waals surface area contributed by atoms with Crippen molar-refractivity contribution in [2.75, 3.05) is 18.9 Å². The lowest BCUT2D eigenvalue weighted by molar-refractivity contribution is -0.0328. The molecule has 21 heavy (non-hydrogen) atoms. The third kappa shape index (κ3) is 5.95. The maximum Gasteiger partial charge on any atom is 0.446 e. The Kier molecular flexibility index (Phi) is 5.90. The minimum atomic E-state index is -4.43. The number of carbonyl (C=O) groups excluding carboxylic acids is 1. The normalized spacial score (nSPS) is 10.9. The van der Waals surface area contributed by atoms with Gasteiger partial charge in [-0.05, 0) is 36.4 Å². The molecule has 0 aliphatic carbocycles. The van der Waals surface area contributed by atoms with Crippen molar-refractivity contribution in [2.45, 2.75) is 23.7 Å². The summed E-state index contributed by atoms with van der Waals surface area (Å²) < 4.78 is 37.6. The summed E-state index contributed by atoms with van der Waals surface area (Å²) in [4.78, 5) is 13.0. The summed E-state index contributed by atoms with van der Waals surface area (Å²) in [6.45, 7) is 1.88. The third-order valence-electron chi connectivity index (χ3n) is 2.51. The van der Waals surface area contributed by atoms with Crippen LogP contribution < -0.4 is 5.32 Å². The molecule has 0 fully saturated rings. The molecular formula is C13H14F3N3OS. The molecule has 1 aromatic rings. The highest BCUT2D eigenvalue weighted by molar-refractivity contribution is 8.00. The van der Waals surface area contributed by atoms with Crippen LogP contribution in [0.25, 0.3) is 0 Å². The van der Waals surface area contributed by atoms with Crippen molar-refractivity contribution in [1.29, 1.82) is 5.26 Å². The topological polar surface area (TPSA) is 56.1 Å². The first-order chi connectivity index (χ1) is 9.73. The number of alkyl halides is 3. The van der Waals surface area contributed by atoms with E-state index in [9.17, 15) is 18.0 Å². The number of benzene rings is 1. The average molecular weight is 317 g/mol. The van der Waals surface area contributed by atoms with Gasteiger partial charge in [0.15, 0.2) is 0 Å². The Morgan fingerprint density at radius 3 is 2.71 bits per heavy atom. The van der Waals surface area contributed by atoms with E-state index in [0.717, 1.165) is 0 Å². The maximum absolute atomic E-state index is 12.5. The zero-order chi connectivity index (χ0) is 16.0. The molecule has 0 atom stereocenters. The van der Waals surface area contributed by atoms with Gasteiger partial charge in [-0.25, -0.2) is 4.79 Å². The molecule has 0 heterocycles. The molecule has 0 saturated carbocycles. The van der Waals surface area contributed by atoms with Crippen molar-refractivity contribution >= 4 is 23.5 Å². The smallest absolute Gasteiger partial charge is 0.327 e. The number of anilines is 1. The highest BCUT2D eigenvalue weighted by Crippen LogP contribution is 2.40. The predicted molar refractivity (Wildman–Crippen MR) is 75.0 cm³/mol. The molecule has 0 bridgehead atoms. The highest BCUT2D eigenvalue weighted by Gasteiger charge is 2.30. The number of rotatable bonds is 4. The number of thioether (sulfide) groups is 1. The second-order valence-electron chi connectivity index (χ2n) is 4.31. The second kappa shape index (κ2) is 7.22. The van der Waals surface area contributed by atoms with Crippen LogP contribution >= 0.6 is 11.8 Å². The van der Waals surface area contributed by atoms with E-state index in [0.29, 0.717) is 5.56 Å². The summed E-state index contributed by atoms with van der Waals surface area (Å²) in [5, 5.41) is 10.9. The third-order valence-corrected chi connectivity index (χ3v) is 3.30. The maximum atomic E-state index is 12.5. The molecule has 1 rings (SSSR count). The Labute approximate surface area is 124 Å². The number of amides is 2. The minimum Gasteiger partial charge on any atom is -0.327 e. The van der Waals surface area contributed by atoms with Crippen LogP contribution in [-0.2, 0) is 0 Å². The lowest BCUT2D eigenvalue weighted by atomic mass is 10.2. The first-order valence-corrected chi connectivity index (χ1v) is 6.80. The van der Waals surface area contributed by atoms with Crippen LogP contribution in [0.4, 0.5) is 23.7 Å². The lowest BCUT2D eigenvalue weighted by Crippen LogP contribution is -2.32. The average Bonchev–Trinajstić information content (AvgIpc) is 2.37. The quantitative estimate of drug-likeness (QED) is 0.854. The van der Waals surface area contributed by atoms with Crippen LogP contribution in [0.2, 0.25) is 0 Å². The van der Waals surface area contributed by atoms with Crippen LogP contribution in [0.15, 0.2) is 23.1 Å². The van der Waals surface area contributed by atoms with Gasteiger partial charge >= 0.3 is 11.5 Å². The summed E-state index contributed by atoms with van der Waals surface area (Å²) in [7, 11) is 1.47. The molecule has 114 valence electrons. The molecule has 1 N–H and O–H groups in total. The number of nitrogens with zero attached hydrogens (tertiary/aromatic N) is 2. The zero-order valence-electron chi connectivity index (χ0n) is 11.5. The number of nitriles is 1. The number of hydrogen-bond acceptors (Lipinski definition) is 3. The van der Waals surface area contributed by atoms with Crippen LogP contribution in [0.1, 0.15) is 12.0 Å². The van der Waals surface area contributed by atoms with Gasteiger partial charge in [0.05, 0.1) is 18.2 Å². The summed E-state index contributed by atoms with van der Waals surface area (Å²) in [5.41, 5.74) is -3.67. The Morgan fingerprint density at radius 2 is 2.14 bits per heavy atom. The van der Waals surface area contributed by atoms with Gasteiger partial charge in [-0.1, -0.05) is 6.07 Å². The molecule has 0 aliphatic rings. The predicted octanol–water partition coefficient (Wildman–Crippen LogP) is 3.98. The molecule has 1 aromatic carbocycles. The van der Waals surface area contributed by atoms with E-state index in [4.69, 9.17) is 5.26 Å². The number of hydrogen-bond donors (Lipinski definition) is 1. The first-order valence-electron chi connectivity index (χ1n) is 5.98.